The lowest BCUT2D eigenvalue weighted by molar-refractivity contribution is -0.274. The molecule has 1 aliphatic carbocycles. The summed E-state index contributed by atoms with van der Waals surface area (Å²) < 4.78 is 142. The van der Waals surface area contributed by atoms with Crippen LogP contribution in [0.2, 0.25) is 0 Å². The zero-order chi connectivity index (χ0) is 34.0. The van der Waals surface area contributed by atoms with Gasteiger partial charge in [0.15, 0.2) is 5.83 Å². The van der Waals surface area contributed by atoms with Crippen LogP contribution in [-0.4, -0.2) is 37.3 Å². The van der Waals surface area contributed by atoms with E-state index in [4.69, 9.17) is 0 Å². The maximum Gasteiger partial charge on any atom is 0.460 e. The summed E-state index contributed by atoms with van der Waals surface area (Å²) in [6.07, 6.45) is -11.6. The Balaban J connectivity index is 2.66. The molecule has 14 heteroatoms. The number of benzene rings is 1. The smallest absolute Gasteiger partial charge is 0.460 e. The Hall–Kier alpha value is -4.49. The van der Waals surface area contributed by atoms with Gasteiger partial charge in [-0.2, -0.15) is 30.7 Å². The van der Waals surface area contributed by atoms with Crippen molar-refractivity contribution in [2.75, 3.05) is 7.11 Å². The minimum atomic E-state index is -5.12. The van der Waals surface area contributed by atoms with Crippen molar-refractivity contribution in [3.05, 3.63) is 132 Å². The highest BCUT2D eigenvalue weighted by molar-refractivity contribution is 5.95. The SMILES string of the molecule is C=C(OC)C(F)=CC=C[C@@](Cc1ccccc1)(NC(=O)C1=CC(C(F)(F)F)=C(F)CC1)C(=C)C=C(F)C=COC(F)(F)C(F)F. The van der Waals surface area contributed by atoms with Crippen molar-refractivity contribution in [2.24, 2.45) is 0 Å². The third-order valence-corrected chi connectivity index (χ3v) is 6.21. The first kappa shape index (κ1) is 36.7. The molecule has 0 radical (unpaired) electrons. The maximum absolute atomic E-state index is 14.8. The van der Waals surface area contributed by atoms with E-state index >= 15 is 0 Å². The van der Waals surface area contributed by atoms with Crippen LogP contribution in [-0.2, 0) is 20.7 Å². The van der Waals surface area contributed by atoms with Crippen molar-refractivity contribution in [3.63, 3.8) is 0 Å². The number of allylic oxidation sites excluding steroid dienone is 8. The van der Waals surface area contributed by atoms with Gasteiger partial charge < -0.3 is 14.8 Å². The summed E-state index contributed by atoms with van der Waals surface area (Å²) >= 11 is 0. The van der Waals surface area contributed by atoms with Crippen molar-refractivity contribution < 1.29 is 58.2 Å². The predicted octanol–water partition coefficient (Wildman–Crippen LogP) is 8.96. The Kier molecular flexibility index (Phi) is 12.6. The highest BCUT2D eigenvalue weighted by Crippen LogP contribution is 2.37. The summed E-state index contributed by atoms with van der Waals surface area (Å²) in [6.45, 7) is 7.04. The van der Waals surface area contributed by atoms with Crippen LogP contribution in [0.15, 0.2) is 126 Å². The lowest BCUT2D eigenvalue weighted by Gasteiger charge is -2.34. The molecule has 244 valence electrons. The Bertz CT molecular complexity index is 1440. The molecule has 0 unspecified atom stereocenters. The molecule has 0 heterocycles. The van der Waals surface area contributed by atoms with E-state index in [-0.39, 0.29) is 24.3 Å². The molecule has 4 nitrogen and oxygen atoms in total. The highest BCUT2D eigenvalue weighted by atomic mass is 19.4. The van der Waals surface area contributed by atoms with Crippen molar-refractivity contribution in [3.8, 4) is 0 Å². The van der Waals surface area contributed by atoms with Gasteiger partial charge in [-0.1, -0.05) is 55.6 Å². The van der Waals surface area contributed by atoms with Gasteiger partial charge in [-0.25, -0.2) is 13.2 Å². The Labute approximate surface area is 252 Å². The number of hydrogen-bond acceptors (Lipinski definition) is 3. The Morgan fingerprint density at radius 1 is 1.07 bits per heavy atom. The minimum absolute atomic E-state index is 0.0422. The normalized spacial score (nSPS) is 16.6. The second kappa shape index (κ2) is 15.5. The summed E-state index contributed by atoms with van der Waals surface area (Å²) in [5.74, 6) is -5.39. The fourth-order valence-electron chi connectivity index (χ4n) is 3.84. The van der Waals surface area contributed by atoms with Gasteiger partial charge in [-0.15, -0.1) is 0 Å². The Morgan fingerprint density at radius 2 is 1.71 bits per heavy atom. The molecule has 1 aromatic rings. The number of halogens is 10. The molecule has 0 spiro atoms. The van der Waals surface area contributed by atoms with E-state index in [0.717, 1.165) is 25.3 Å². The van der Waals surface area contributed by atoms with Gasteiger partial charge in [-0.05, 0) is 35.8 Å². The van der Waals surface area contributed by atoms with Crippen LogP contribution >= 0.6 is 0 Å². The van der Waals surface area contributed by atoms with E-state index in [1.54, 1.807) is 30.3 Å². The van der Waals surface area contributed by atoms with Crippen LogP contribution in [0.4, 0.5) is 43.9 Å². The molecule has 2 rings (SSSR count). The number of methoxy groups -OCH3 is 1. The molecule has 1 aliphatic rings. The van der Waals surface area contributed by atoms with Gasteiger partial charge in [0.25, 0.3) is 0 Å². The number of amides is 1. The molecule has 1 atom stereocenters. The number of hydrogen-bond donors (Lipinski definition) is 1. The topological polar surface area (TPSA) is 47.6 Å². The van der Waals surface area contributed by atoms with Crippen LogP contribution in [0.1, 0.15) is 18.4 Å². The predicted molar refractivity (Wildman–Crippen MR) is 147 cm³/mol. The van der Waals surface area contributed by atoms with Crippen LogP contribution in [0.5, 0.6) is 0 Å². The lowest BCUT2D eigenvalue weighted by atomic mass is 9.82. The second-order valence-corrected chi connectivity index (χ2v) is 9.41. The van der Waals surface area contributed by atoms with Crippen molar-refractivity contribution in [1.29, 1.82) is 0 Å². The fraction of sp³-hybridized carbons (Fsp3) is 0.258. The summed E-state index contributed by atoms with van der Waals surface area (Å²) in [5, 5.41) is 2.46. The molecule has 0 fully saturated rings. The van der Waals surface area contributed by atoms with Crippen LogP contribution in [0.25, 0.3) is 0 Å². The third-order valence-electron chi connectivity index (χ3n) is 6.21. The van der Waals surface area contributed by atoms with E-state index in [1.165, 1.54) is 0 Å². The fourth-order valence-corrected chi connectivity index (χ4v) is 3.84. The van der Waals surface area contributed by atoms with Crippen molar-refractivity contribution in [1.82, 2.24) is 5.32 Å². The first-order valence-corrected chi connectivity index (χ1v) is 12.8. The standard InChI is InChI=1S/C31H27F10NO3/c1-19(16-23(32)13-15-45-31(40,41)28(35)36)29(18-21-8-5-4-6-9-21,14-7-10-25(33)20(2)44-3)42-27(43)22-11-12-26(34)24(17-22)30(37,38)39/h4-10,13-17,28H,1-2,11-12,18H2,3H3,(H,42,43)/t29-/m0/s1. The third kappa shape index (κ3) is 10.6. The molecular weight excluding hydrogens is 624 g/mol. The molecule has 1 aromatic carbocycles. The minimum Gasteiger partial charge on any atom is -0.494 e. The average Bonchev–Trinajstić information content (AvgIpc) is 2.96. The van der Waals surface area contributed by atoms with E-state index in [1.807, 2.05) is 0 Å². The van der Waals surface area contributed by atoms with Crippen molar-refractivity contribution in [2.45, 2.75) is 43.5 Å². The van der Waals surface area contributed by atoms with Gasteiger partial charge in [0.1, 0.15) is 17.4 Å². The summed E-state index contributed by atoms with van der Waals surface area (Å²) in [4.78, 5) is 13.4. The zero-order valence-corrected chi connectivity index (χ0v) is 23.5. The highest BCUT2D eigenvalue weighted by Gasteiger charge is 2.43. The maximum atomic E-state index is 14.8. The number of alkyl halides is 7. The number of nitrogens with one attached hydrogen (secondary N) is 1. The van der Waals surface area contributed by atoms with Gasteiger partial charge in [0.2, 0.25) is 5.91 Å². The monoisotopic (exact) mass is 651 g/mol. The van der Waals surface area contributed by atoms with Crippen LogP contribution in [0.3, 0.4) is 0 Å². The quantitative estimate of drug-likeness (QED) is 0.124. The number of rotatable bonds is 14. The van der Waals surface area contributed by atoms with Gasteiger partial charge in [-0.3, -0.25) is 4.79 Å². The summed E-state index contributed by atoms with van der Waals surface area (Å²) in [6, 6.07) is 7.93. The van der Waals surface area contributed by atoms with E-state index in [9.17, 15) is 48.7 Å². The van der Waals surface area contributed by atoms with Gasteiger partial charge >= 0.3 is 18.7 Å². The molecule has 0 aliphatic heterocycles. The number of carbonyl (C=O) groups excluding carboxylic acids is 1. The molecule has 1 amide bonds. The van der Waals surface area contributed by atoms with E-state index < -0.39 is 77.4 Å². The lowest BCUT2D eigenvalue weighted by Crippen LogP contribution is -2.50. The molecule has 0 saturated carbocycles. The number of ether oxygens (including phenoxy) is 2. The van der Waals surface area contributed by atoms with E-state index in [2.05, 4.69) is 27.9 Å². The first-order chi connectivity index (χ1) is 20.9. The average molecular weight is 652 g/mol. The molecule has 45 heavy (non-hydrogen) atoms. The van der Waals surface area contributed by atoms with Crippen LogP contribution in [0, 0.1) is 0 Å². The molecular formula is C31H27F10NO3. The molecule has 1 N–H and O–H groups in total. The zero-order valence-electron chi connectivity index (χ0n) is 23.5. The largest absolute Gasteiger partial charge is 0.494 e. The molecule has 0 saturated heterocycles. The van der Waals surface area contributed by atoms with Gasteiger partial charge in [0, 0.05) is 24.5 Å². The van der Waals surface area contributed by atoms with Crippen LogP contribution < -0.4 is 5.32 Å². The van der Waals surface area contributed by atoms with E-state index in [0.29, 0.717) is 17.7 Å². The number of carbonyl (C=O) groups is 1. The summed E-state index contributed by atoms with van der Waals surface area (Å²) in [7, 11) is 1.13. The van der Waals surface area contributed by atoms with Gasteiger partial charge in [0.05, 0.1) is 24.5 Å². The Morgan fingerprint density at radius 3 is 2.29 bits per heavy atom. The second-order valence-electron chi connectivity index (χ2n) is 9.41. The molecule has 0 bridgehead atoms. The van der Waals surface area contributed by atoms with Crippen molar-refractivity contribution >= 4 is 5.91 Å². The molecule has 0 aromatic heterocycles. The first-order valence-electron chi connectivity index (χ1n) is 12.8. The summed E-state index contributed by atoms with van der Waals surface area (Å²) in [5.41, 5.74) is -4.06.